The zero-order chi connectivity index (χ0) is 7.56. The summed E-state index contributed by atoms with van der Waals surface area (Å²) >= 11 is 0. The van der Waals surface area contributed by atoms with E-state index in [2.05, 4.69) is 0 Å². The van der Waals surface area contributed by atoms with Gasteiger partial charge in [-0.1, -0.05) is 12.8 Å². The molecule has 1 fully saturated rings. The van der Waals surface area contributed by atoms with E-state index >= 15 is 0 Å². The molecule has 0 saturated heterocycles. The molecule has 0 radical (unpaired) electrons. The van der Waals surface area contributed by atoms with Crippen LogP contribution in [0.4, 0.5) is 0 Å². The summed E-state index contributed by atoms with van der Waals surface area (Å²) in [4.78, 5) is 10.2. The minimum absolute atomic E-state index is 0.638. The Morgan fingerprint density at radius 2 is 2.30 bits per heavy atom. The van der Waals surface area contributed by atoms with Crippen molar-refractivity contribution >= 4 is 5.97 Å². The van der Waals surface area contributed by atoms with Crippen LogP contribution >= 0.6 is 0 Å². The van der Waals surface area contributed by atoms with Crippen molar-refractivity contribution in [1.82, 2.24) is 0 Å². The van der Waals surface area contributed by atoms with Crippen LogP contribution in [-0.2, 0) is 4.79 Å². The Morgan fingerprint density at radius 3 is 2.70 bits per heavy atom. The number of nitrogens with two attached hydrogens (primary N) is 1. The Kier molecular flexibility index (Phi) is 2.27. The normalized spacial score (nSPS) is 20.5. The lowest BCUT2D eigenvalue weighted by Crippen LogP contribution is -2.29. The third kappa shape index (κ3) is 2.35. The molecule has 3 nitrogen and oxygen atoms in total. The van der Waals surface area contributed by atoms with Gasteiger partial charge in [-0.3, -0.25) is 4.79 Å². The predicted molar refractivity (Wildman–Crippen MR) is 37.6 cm³/mol. The second-order valence-electron chi connectivity index (χ2n) is 2.97. The van der Waals surface area contributed by atoms with E-state index in [9.17, 15) is 4.79 Å². The average molecular weight is 143 g/mol. The summed E-state index contributed by atoms with van der Waals surface area (Å²) < 4.78 is 0. The number of hydrogen-bond acceptors (Lipinski definition) is 2. The zero-order valence-electron chi connectivity index (χ0n) is 5.92. The van der Waals surface area contributed by atoms with Gasteiger partial charge in [0.05, 0.1) is 0 Å². The smallest absolute Gasteiger partial charge is 0.320 e. The van der Waals surface area contributed by atoms with Gasteiger partial charge in [-0.05, 0) is 18.8 Å². The van der Waals surface area contributed by atoms with Crippen molar-refractivity contribution in [2.45, 2.75) is 31.7 Å². The Bertz CT molecular complexity index is 132. The zero-order valence-corrected chi connectivity index (χ0v) is 5.92. The second-order valence-corrected chi connectivity index (χ2v) is 2.97. The van der Waals surface area contributed by atoms with Crippen molar-refractivity contribution in [3.05, 3.63) is 0 Å². The van der Waals surface area contributed by atoms with Gasteiger partial charge < -0.3 is 10.8 Å². The third-order valence-corrected chi connectivity index (χ3v) is 1.90. The molecular formula is C7H13NO2. The first kappa shape index (κ1) is 7.54. The van der Waals surface area contributed by atoms with Gasteiger partial charge in [0.15, 0.2) is 0 Å². The van der Waals surface area contributed by atoms with Crippen LogP contribution in [0.2, 0.25) is 0 Å². The molecule has 1 rings (SSSR count). The molecule has 1 atom stereocenters. The van der Waals surface area contributed by atoms with E-state index in [-0.39, 0.29) is 0 Å². The Morgan fingerprint density at radius 1 is 1.70 bits per heavy atom. The molecular weight excluding hydrogens is 130 g/mol. The number of carboxylic acid groups (broad SMARTS) is 1. The predicted octanol–water partition coefficient (Wildman–Crippen LogP) is 0.588. The molecule has 1 saturated carbocycles. The molecule has 0 aromatic heterocycles. The molecule has 0 unspecified atom stereocenters. The van der Waals surface area contributed by atoms with Gasteiger partial charge in [-0.15, -0.1) is 0 Å². The standard InChI is InChI=1S/C7H13NO2/c8-6(7(9)10)4-3-5-1-2-5/h5-6H,1-4,8H2,(H,9,10)/t6-/m1/s1. The largest absolute Gasteiger partial charge is 0.480 e. The fourth-order valence-corrected chi connectivity index (χ4v) is 0.945. The minimum atomic E-state index is -0.874. The molecule has 0 heterocycles. The highest BCUT2D eigenvalue weighted by molar-refractivity contribution is 5.72. The molecule has 0 aliphatic heterocycles. The Labute approximate surface area is 60.2 Å². The van der Waals surface area contributed by atoms with Gasteiger partial charge in [-0.25, -0.2) is 0 Å². The highest BCUT2D eigenvalue weighted by Gasteiger charge is 2.23. The SMILES string of the molecule is N[C@H](CCC1CC1)C(=O)O. The molecule has 10 heavy (non-hydrogen) atoms. The molecule has 1 aliphatic rings. The Balaban J connectivity index is 2.05. The van der Waals surface area contributed by atoms with Crippen molar-refractivity contribution in [2.24, 2.45) is 11.7 Å². The van der Waals surface area contributed by atoms with E-state index in [0.29, 0.717) is 6.42 Å². The van der Waals surface area contributed by atoms with Crippen molar-refractivity contribution in [3.63, 3.8) is 0 Å². The van der Waals surface area contributed by atoms with Crippen LogP contribution in [0.15, 0.2) is 0 Å². The van der Waals surface area contributed by atoms with Crippen molar-refractivity contribution in [3.8, 4) is 0 Å². The summed E-state index contributed by atoms with van der Waals surface area (Å²) in [5.41, 5.74) is 5.29. The van der Waals surface area contributed by atoms with Crippen molar-refractivity contribution in [1.29, 1.82) is 0 Å². The average Bonchev–Trinajstić information content (AvgIpc) is 2.64. The van der Waals surface area contributed by atoms with Crippen molar-refractivity contribution in [2.75, 3.05) is 0 Å². The molecule has 0 bridgehead atoms. The first-order chi connectivity index (χ1) is 4.70. The first-order valence-corrected chi connectivity index (χ1v) is 3.68. The topological polar surface area (TPSA) is 63.3 Å². The van der Waals surface area contributed by atoms with Gasteiger partial charge in [-0.2, -0.15) is 0 Å². The molecule has 3 heteroatoms. The molecule has 0 amide bonds. The first-order valence-electron chi connectivity index (χ1n) is 3.68. The van der Waals surface area contributed by atoms with Gasteiger partial charge >= 0.3 is 5.97 Å². The summed E-state index contributed by atoms with van der Waals surface area (Å²) in [7, 11) is 0. The van der Waals surface area contributed by atoms with E-state index in [4.69, 9.17) is 10.8 Å². The molecule has 0 aromatic rings. The van der Waals surface area contributed by atoms with Gasteiger partial charge in [0.1, 0.15) is 6.04 Å². The van der Waals surface area contributed by atoms with Crippen LogP contribution < -0.4 is 5.73 Å². The van der Waals surface area contributed by atoms with Gasteiger partial charge in [0.2, 0.25) is 0 Å². The lowest BCUT2D eigenvalue weighted by Gasteiger charge is -2.03. The molecule has 1 aliphatic carbocycles. The maximum atomic E-state index is 10.2. The van der Waals surface area contributed by atoms with E-state index in [1.54, 1.807) is 0 Å². The number of hydrogen-bond donors (Lipinski definition) is 2. The van der Waals surface area contributed by atoms with Crippen LogP contribution in [0.3, 0.4) is 0 Å². The molecule has 58 valence electrons. The minimum Gasteiger partial charge on any atom is -0.480 e. The Hall–Kier alpha value is -0.570. The summed E-state index contributed by atoms with van der Waals surface area (Å²) in [6.07, 6.45) is 4.17. The summed E-state index contributed by atoms with van der Waals surface area (Å²) in [6, 6.07) is -0.638. The van der Waals surface area contributed by atoms with Crippen LogP contribution in [0.1, 0.15) is 25.7 Å². The van der Waals surface area contributed by atoms with Crippen LogP contribution in [0, 0.1) is 5.92 Å². The van der Waals surface area contributed by atoms with Crippen LogP contribution in [-0.4, -0.2) is 17.1 Å². The number of rotatable bonds is 4. The summed E-state index contributed by atoms with van der Waals surface area (Å²) in [5, 5.41) is 8.39. The molecule has 0 aromatic carbocycles. The fraction of sp³-hybridized carbons (Fsp3) is 0.857. The van der Waals surface area contributed by atoms with Crippen LogP contribution in [0.5, 0.6) is 0 Å². The van der Waals surface area contributed by atoms with E-state index < -0.39 is 12.0 Å². The van der Waals surface area contributed by atoms with Crippen LogP contribution in [0.25, 0.3) is 0 Å². The second kappa shape index (κ2) is 3.01. The monoisotopic (exact) mass is 143 g/mol. The lowest BCUT2D eigenvalue weighted by molar-refractivity contribution is -0.138. The van der Waals surface area contributed by atoms with E-state index in [1.165, 1.54) is 12.8 Å². The maximum Gasteiger partial charge on any atom is 0.320 e. The maximum absolute atomic E-state index is 10.2. The highest BCUT2D eigenvalue weighted by atomic mass is 16.4. The van der Waals surface area contributed by atoms with Gasteiger partial charge in [0, 0.05) is 0 Å². The summed E-state index contributed by atoms with van der Waals surface area (Å²) in [5.74, 6) is -0.0916. The highest BCUT2D eigenvalue weighted by Crippen LogP contribution is 2.33. The number of carbonyl (C=O) groups is 1. The number of aliphatic carboxylic acids is 1. The van der Waals surface area contributed by atoms with Crippen molar-refractivity contribution < 1.29 is 9.90 Å². The van der Waals surface area contributed by atoms with E-state index in [1.807, 2.05) is 0 Å². The quantitative estimate of drug-likeness (QED) is 0.605. The molecule has 3 N–H and O–H groups in total. The summed E-state index contributed by atoms with van der Waals surface area (Å²) in [6.45, 7) is 0. The third-order valence-electron chi connectivity index (χ3n) is 1.90. The fourth-order valence-electron chi connectivity index (χ4n) is 0.945. The van der Waals surface area contributed by atoms with Gasteiger partial charge in [0.25, 0.3) is 0 Å². The van der Waals surface area contributed by atoms with E-state index in [0.717, 1.165) is 12.3 Å². The molecule has 0 spiro atoms. The lowest BCUT2D eigenvalue weighted by atomic mass is 10.1. The number of carboxylic acids is 1.